The molecule has 3 rings (SSSR count). The second-order valence-electron chi connectivity index (χ2n) is 7.06. The number of sulfonamides is 1. The topological polar surface area (TPSA) is 75.7 Å². The van der Waals surface area contributed by atoms with E-state index >= 15 is 0 Å². The fourth-order valence-electron chi connectivity index (χ4n) is 3.44. The van der Waals surface area contributed by atoms with Crippen molar-refractivity contribution >= 4 is 21.6 Å². The molecule has 1 aliphatic heterocycles. The molecule has 6 nitrogen and oxygen atoms in total. The number of carbonyl (C=O) groups excluding carboxylic acids is 1. The highest BCUT2D eigenvalue weighted by atomic mass is 32.2. The highest BCUT2D eigenvalue weighted by molar-refractivity contribution is 7.89. The third kappa shape index (κ3) is 4.72. The molecule has 1 aliphatic rings. The summed E-state index contributed by atoms with van der Waals surface area (Å²) in [4.78, 5) is 12.7. The fraction of sp³-hybridized carbons (Fsp3) is 0.381. The van der Waals surface area contributed by atoms with E-state index in [1.807, 2.05) is 31.2 Å². The number of hydrogen-bond donors (Lipinski definition) is 1. The van der Waals surface area contributed by atoms with E-state index in [0.717, 1.165) is 24.1 Å². The van der Waals surface area contributed by atoms with Gasteiger partial charge in [-0.15, -0.1) is 0 Å². The van der Waals surface area contributed by atoms with Crippen molar-refractivity contribution in [2.75, 3.05) is 19.0 Å². The summed E-state index contributed by atoms with van der Waals surface area (Å²) in [5.41, 5.74) is 1.83. The van der Waals surface area contributed by atoms with Crippen molar-refractivity contribution in [3.8, 4) is 5.75 Å². The predicted molar refractivity (Wildman–Crippen MR) is 109 cm³/mol. The van der Waals surface area contributed by atoms with E-state index in [1.165, 1.54) is 11.4 Å². The van der Waals surface area contributed by atoms with Crippen LogP contribution < -0.4 is 10.1 Å². The number of benzene rings is 2. The summed E-state index contributed by atoms with van der Waals surface area (Å²) in [5, 5.41) is 2.87. The molecular formula is C21H26N2O4S. The van der Waals surface area contributed by atoms with E-state index in [0.29, 0.717) is 18.7 Å². The summed E-state index contributed by atoms with van der Waals surface area (Å²) in [6.07, 6.45) is 2.53. The summed E-state index contributed by atoms with van der Waals surface area (Å²) in [6.45, 7) is 2.41. The van der Waals surface area contributed by atoms with Crippen LogP contribution in [0.2, 0.25) is 0 Å². The summed E-state index contributed by atoms with van der Waals surface area (Å²) >= 11 is 0. The third-order valence-corrected chi connectivity index (χ3v) is 6.96. The maximum atomic E-state index is 13.1. The first kappa shape index (κ1) is 20.4. The van der Waals surface area contributed by atoms with Gasteiger partial charge in [0.15, 0.2) is 0 Å². The van der Waals surface area contributed by atoms with E-state index in [9.17, 15) is 13.2 Å². The largest absolute Gasteiger partial charge is 0.497 e. The van der Waals surface area contributed by atoms with E-state index in [4.69, 9.17) is 4.74 Å². The molecule has 0 bridgehead atoms. The highest BCUT2D eigenvalue weighted by Crippen LogP contribution is 2.28. The molecule has 28 heavy (non-hydrogen) atoms. The molecule has 0 saturated carbocycles. The summed E-state index contributed by atoms with van der Waals surface area (Å²) in [5.74, 6) is 0.428. The Morgan fingerprint density at radius 3 is 2.43 bits per heavy atom. The number of piperidine rings is 1. The molecule has 1 fully saturated rings. The molecule has 1 atom stereocenters. The van der Waals surface area contributed by atoms with Gasteiger partial charge in [0, 0.05) is 24.7 Å². The van der Waals surface area contributed by atoms with Crippen LogP contribution in [0.4, 0.5) is 5.69 Å². The van der Waals surface area contributed by atoms with E-state index in [-0.39, 0.29) is 23.3 Å². The smallest absolute Gasteiger partial charge is 0.243 e. The number of rotatable bonds is 6. The number of ether oxygens (including phenoxy) is 1. The monoisotopic (exact) mass is 402 g/mol. The molecule has 0 aromatic heterocycles. The molecule has 0 spiro atoms. The Balaban J connectivity index is 1.73. The van der Waals surface area contributed by atoms with Crippen LogP contribution in [0.5, 0.6) is 5.75 Å². The van der Waals surface area contributed by atoms with Gasteiger partial charge in [-0.2, -0.15) is 4.31 Å². The van der Waals surface area contributed by atoms with Crippen LogP contribution in [0.1, 0.15) is 31.2 Å². The molecule has 1 N–H and O–H groups in total. The Kier molecular flexibility index (Phi) is 6.36. The second kappa shape index (κ2) is 8.75. The van der Waals surface area contributed by atoms with Crippen LogP contribution in [-0.4, -0.2) is 38.3 Å². The SMILES string of the molecule is COc1ccc(S(=O)(=O)N2CCCCC2CC(=O)Nc2ccc(C)cc2)cc1. The van der Waals surface area contributed by atoms with Crippen LogP contribution in [0.25, 0.3) is 0 Å². The molecule has 150 valence electrons. The van der Waals surface area contributed by atoms with Crippen molar-refractivity contribution in [2.24, 2.45) is 0 Å². The van der Waals surface area contributed by atoms with Crippen molar-refractivity contribution in [2.45, 2.75) is 43.5 Å². The highest BCUT2D eigenvalue weighted by Gasteiger charge is 2.34. The minimum absolute atomic E-state index is 0.142. The van der Waals surface area contributed by atoms with Crippen molar-refractivity contribution in [3.05, 3.63) is 54.1 Å². The maximum absolute atomic E-state index is 13.1. The Hall–Kier alpha value is -2.38. The normalized spacial score (nSPS) is 17.9. The molecule has 0 aliphatic carbocycles. The Bertz CT molecular complexity index is 908. The van der Waals surface area contributed by atoms with Gasteiger partial charge in [0.1, 0.15) is 5.75 Å². The van der Waals surface area contributed by atoms with Gasteiger partial charge in [-0.1, -0.05) is 24.1 Å². The molecule has 1 amide bonds. The predicted octanol–water partition coefficient (Wildman–Crippen LogP) is 3.58. The van der Waals surface area contributed by atoms with Crippen molar-refractivity contribution in [3.63, 3.8) is 0 Å². The zero-order chi connectivity index (χ0) is 20.1. The first-order valence-corrected chi connectivity index (χ1v) is 10.9. The quantitative estimate of drug-likeness (QED) is 0.801. The van der Waals surface area contributed by atoms with Crippen LogP contribution in [0.15, 0.2) is 53.4 Å². The average Bonchev–Trinajstić information content (AvgIpc) is 2.70. The lowest BCUT2D eigenvalue weighted by atomic mass is 10.0. The minimum Gasteiger partial charge on any atom is -0.497 e. The number of hydrogen-bond acceptors (Lipinski definition) is 4. The Labute approximate surface area is 166 Å². The van der Waals surface area contributed by atoms with Gasteiger partial charge in [0.2, 0.25) is 15.9 Å². The number of anilines is 1. The number of nitrogens with zero attached hydrogens (tertiary/aromatic N) is 1. The Morgan fingerprint density at radius 1 is 1.11 bits per heavy atom. The summed E-state index contributed by atoms with van der Waals surface area (Å²) in [7, 11) is -2.12. The lowest BCUT2D eigenvalue weighted by Gasteiger charge is -2.34. The van der Waals surface area contributed by atoms with E-state index in [2.05, 4.69) is 5.32 Å². The Morgan fingerprint density at radius 2 is 1.79 bits per heavy atom. The third-order valence-electron chi connectivity index (χ3n) is 5.00. The van der Waals surface area contributed by atoms with Gasteiger partial charge in [-0.3, -0.25) is 4.79 Å². The van der Waals surface area contributed by atoms with Gasteiger partial charge >= 0.3 is 0 Å². The molecular weight excluding hydrogens is 376 g/mol. The number of aryl methyl sites for hydroxylation is 1. The average molecular weight is 403 g/mol. The van der Waals surface area contributed by atoms with Gasteiger partial charge in [0.05, 0.1) is 12.0 Å². The molecule has 2 aromatic carbocycles. The molecule has 2 aromatic rings. The zero-order valence-corrected chi connectivity index (χ0v) is 17.0. The number of carbonyl (C=O) groups is 1. The lowest BCUT2D eigenvalue weighted by Crippen LogP contribution is -2.45. The standard InChI is InChI=1S/C21H26N2O4S/c1-16-6-8-17(9-7-16)22-21(24)15-18-5-3-4-14-23(18)28(25,26)20-12-10-19(27-2)11-13-20/h6-13,18H,3-5,14-15H2,1-2H3,(H,22,24). The molecule has 1 heterocycles. The first-order chi connectivity index (χ1) is 13.4. The van der Waals surface area contributed by atoms with Crippen LogP contribution >= 0.6 is 0 Å². The van der Waals surface area contributed by atoms with Crippen molar-refractivity contribution in [1.29, 1.82) is 0 Å². The van der Waals surface area contributed by atoms with E-state index in [1.54, 1.807) is 24.3 Å². The van der Waals surface area contributed by atoms with Crippen LogP contribution in [-0.2, 0) is 14.8 Å². The van der Waals surface area contributed by atoms with Gasteiger partial charge in [-0.05, 0) is 56.2 Å². The van der Waals surface area contributed by atoms with Crippen molar-refractivity contribution < 1.29 is 17.9 Å². The number of nitrogens with one attached hydrogen (secondary N) is 1. The second-order valence-corrected chi connectivity index (χ2v) is 8.95. The fourth-order valence-corrected chi connectivity index (χ4v) is 5.13. The zero-order valence-electron chi connectivity index (χ0n) is 16.2. The summed E-state index contributed by atoms with van der Waals surface area (Å²) in [6, 6.07) is 13.6. The maximum Gasteiger partial charge on any atom is 0.243 e. The van der Waals surface area contributed by atoms with Crippen molar-refractivity contribution in [1.82, 2.24) is 4.31 Å². The number of amides is 1. The van der Waals surface area contributed by atoms with Crippen LogP contribution in [0.3, 0.4) is 0 Å². The van der Waals surface area contributed by atoms with Gasteiger partial charge in [0.25, 0.3) is 0 Å². The molecule has 1 saturated heterocycles. The molecule has 0 radical (unpaired) electrons. The summed E-state index contributed by atoms with van der Waals surface area (Å²) < 4.78 is 32.8. The molecule has 1 unspecified atom stereocenters. The van der Waals surface area contributed by atoms with Gasteiger partial charge < -0.3 is 10.1 Å². The minimum atomic E-state index is -3.66. The number of methoxy groups -OCH3 is 1. The molecule has 7 heteroatoms. The first-order valence-electron chi connectivity index (χ1n) is 9.42. The van der Waals surface area contributed by atoms with Gasteiger partial charge in [-0.25, -0.2) is 8.42 Å². The van der Waals surface area contributed by atoms with E-state index < -0.39 is 10.0 Å². The lowest BCUT2D eigenvalue weighted by molar-refractivity contribution is -0.117. The van der Waals surface area contributed by atoms with Crippen LogP contribution in [0, 0.1) is 6.92 Å².